The van der Waals surface area contributed by atoms with Gasteiger partial charge < -0.3 is 9.72 Å². The molecule has 0 bridgehead atoms. The Morgan fingerprint density at radius 1 is 1.19 bits per heavy atom. The van der Waals surface area contributed by atoms with Crippen molar-refractivity contribution >= 4 is 34.0 Å². The first kappa shape index (κ1) is 13.6. The number of rotatable bonds is 4. The summed E-state index contributed by atoms with van der Waals surface area (Å²) >= 11 is 1.29. The van der Waals surface area contributed by atoms with Crippen molar-refractivity contribution in [2.75, 3.05) is 0 Å². The third-order valence-electron chi connectivity index (χ3n) is 3.23. The number of ether oxygens (including phenoxy) is 1. The second-order valence-corrected chi connectivity index (χ2v) is 5.58. The van der Waals surface area contributed by atoms with Crippen LogP contribution in [0.4, 0.5) is 0 Å². The summed E-state index contributed by atoms with van der Waals surface area (Å²) in [4.78, 5) is 27.9. The first-order chi connectivity index (χ1) is 10.2. The van der Waals surface area contributed by atoms with Crippen LogP contribution in [0.25, 0.3) is 10.9 Å². The molecule has 3 aromatic rings. The van der Waals surface area contributed by atoms with E-state index in [1.807, 2.05) is 24.3 Å². The highest BCUT2D eigenvalue weighted by Crippen LogP contribution is 2.20. The molecule has 0 aliphatic heterocycles. The number of benzene rings is 1. The molecule has 0 aliphatic rings. The monoisotopic (exact) mass is 299 g/mol. The van der Waals surface area contributed by atoms with Gasteiger partial charge in [-0.1, -0.05) is 24.3 Å². The third kappa shape index (κ3) is 2.60. The van der Waals surface area contributed by atoms with Crippen molar-refractivity contribution < 1.29 is 14.3 Å². The van der Waals surface area contributed by atoms with Crippen LogP contribution in [0.2, 0.25) is 0 Å². The molecule has 3 rings (SSSR count). The van der Waals surface area contributed by atoms with Gasteiger partial charge in [-0.25, -0.2) is 4.79 Å². The van der Waals surface area contributed by atoms with Gasteiger partial charge in [-0.3, -0.25) is 4.79 Å². The van der Waals surface area contributed by atoms with E-state index in [1.165, 1.54) is 11.3 Å². The number of ketones is 1. The van der Waals surface area contributed by atoms with Crippen LogP contribution in [-0.4, -0.2) is 22.8 Å². The van der Waals surface area contributed by atoms with Crippen LogP contribution in [0.5, 0.6) is 0 Å². The maximum Gasteiger partial charge on any atom is 0.349 e. The molecule has 0 fully saturated rings. The Balaban J connectivity index is 1.80. The number of nitrogens with one attached hydrogen (secondary N) is 1. The van der Waals surface area contributed by atoms with Crippen LogP contribution in [0.1, 0.15) is 27.0 Å². The molecule has 2 heterocycles. The highest BCUT2D eigenvalue weighted by molar-refractivity contribution is 7.11. The number of thiophene rings is 1. The smallest absolute Gasteiger partial charge is 0.349 e. The van der Waals surface area contributed by atoms with Crippen molar-refractivity contribution in [2.24, 2.45) is 0 Å². The lowest BCUT2D eigenvalue weighted by Gasteiger charge is -2.11. The van der Waals surface area contributed by atoms with Crippen molar-refractivity contribution in [1.29, 1.82) is 0 Å². The molecule has 5 heteroatoms. The lowest BCUT2D eigenvalue weighted by Crippen LogP contribution is -2.23. The van der Waals surface area contributed by atoms with E-state index in [9.17, 15) is 9.59 Å². The summed E-state index contributed by atoms with van der Waals surface area (Å²) in [5, 5.41) is 2.63. The minimum Gasteiger partial charge on any atom is -0.450 e. The average Bonchev–Trinajstić information content (AvgIpc) is 3.15. The zero-order valence-corrected chi connectivity index (χ0v) is 12.1. The van der Waals surface area contributed by atoms with E-state index in [2.05, 4.69) is 4.98 Å². The Labute approximate surface area is 125 Å². The predicted octanol–water partition coefficient (Wildman–Crippen LogP) is 3.66. The molecule has 1 aromatic carbocycles. The fourth-order valence-corrected chi connectivity index (χ4v) is 2.77. The van der Waals surface area contributed by atoms with Gasteiger partial charge >= 0.3 is 5.97 Å². The molecule has 1 atom stereocenters. The highest BCUT2D eigenvalue weighted by Gasteiger charge is 2.23. The third-order valence-corrected chi connectivity index (χ3v) is 4.08. The van der Waals surface area contributed by atoms with Crippen molar-refractivity contribution in [2.45, 2.75) is 13.0 Å². The molecule has 1 N–H and O–H groups in total. The number of hydrogen-bond acceptors (Lipinski definition) is 4. The minimum absolute atomic E-state index is 0.211. The molecule has 0 saturated heterocycles. The molecule has 2 aromatic heterocycles. The van der Waals surface area contributed by atoms with Gasteiger partial charge in [-0.05, 0) is 24.4 Å². The zero-order valence-electron chi connectivity index (χ0n) is 11.3. The number of carbonyl (C=O) groups is 2. The Morgan fingerprint density at radius 2 is 2.00 bits per heavy atom. The van der Waals surface area contributed by atoms with E-state index in [-0.39, 0.29) is 5.78 Å². The second kappa shape index (κ2) is 5.54. The largest absolute Gasteiger partial charge is 0.450 e. The Hall–Kier alpha value is -2.40. The molecule has 0 spiro atoms. The Morgan fingerprint density at radius 3 is 2.76 bits per heavy atom. The topological polar surface area (TPSA) is 59.2 Å². The zero-order chi connectivity index (χ0) is 14.8. The van der Waals surface area contributed by atoms with Crippen molar-refractivity contribution in [1.82, 2.24) is 4.98 Å². The first-order valence-electron chi connectivity index (χ1n) is 6.51. The number of aromatic nitrogens is 1. The number of H-pyrrole nitrogens is 1. The quantitative estimate of drug-likeness (QED) is 0.591. The van der Waals surface area contributed by atoms with Crippen molar-refractivity contribution in [3.8, 4) is 0 Å². The maximum atomic E-state index is 12.4. The van der Waals surface area contributed by atoms with Crippen LogP contribution in [0.15, 0.2) is 48.0 Å². The summed E-state index contributed by atoms with van der Waals surface area (Å²) in [5.74, 6) is -0.678. The summed E-state index contributed by atoms with van der Waals surface area (Å²) in [6.07, 6.45) is 0.835. The number of para-hydroxylation sites is 1. The fourth-order valence-electron chi connectivity index (χ4n) is 2.16. The van der Waals surface area contributed by atoms with Gasteiger partial charge in [0, 0.05) is 22.7 Å². The van der Waals surface area contributed by atoms with E-state index in [4.69, 9.17) is 4.74 Å². The number of aromatic amines is 1. The minimum atomic E-state index is -0.821. The van der Waals surface area contributed by atoms with Crippen LogP contribution in [0, 0.1) is 0 Å². The Bertz CT molecular complexity index is 789. The SMILES string of the molecule is C[C@@H](OC(=O)c1cccs1)C(=O)c1c[nH]c2ccccc12. The van der Waals surface area contributed by atoms with Crippen molar-refractivity contribution in [3.05, 3.63) is 58.4 Å². The van der Waals surface area contributed by atoms with Gasteiger partial charge in [0.15, 0.2) is 6.10 Å². The molecule has 0 unspecified atom stereocenters. The molecule has 4 nitrogen and oxygen atoms in total. The molecule has 0 radical (unpaired) electrons. The van der Waals surface area contributed by atoms with Crippen LogP contribution in [-0.2, 0) is 4.74 Å². The number of fused-ring (bicyclic) bond motifs is 1. The molecular formula is C16H13NO3S. The normalized spacial score (nSPS) is 12.2. The van der Waals surface area contributed by atoms with Gasteiger partial charge in [0.25, 0.3) is 0 Å². The Kier molecular flexibility index (Phi) is 3.58. The average molecular weight is 299 g/mol. The molecular weight excluding hydrogens is 286 g/mol. The summed E-state index contributed by atoms with van der Waals surface area (Å²) in [6, 6.07) is 11.0. The summed E-state index contributed by atoms with van der Waals surface area (Å²) in [6.45, 7) is 1.59. The predicted molar refractivity (Wildman–Crippen MR) is 81.8 cm³/mol. The number of Topliss-reactive ketones (excluding diaryl/α,β-unsaturated/α-hetero) is 1. The standard InChI is InChI=1S/C16H13NO3S/c1-10(20-16(19)14-7-4-8-21-14)15(18)12-9-17-13-6-3-2-5-11(12)13/h2-10,17H,1H3/t10-/m1/s1. The van der Waals surface area contributed by atoms with Gasteiger partial charge in [-0.15, -0.1) is 11.3 Å². The van der Waals surface area contributed by atoms with Crippen LogP contribution in [0.3, 0.4) is 0 Å². The number of hydrogen-bond donors (Lipinski definition) is 1. The van der Waals surface area contributed by atoms with E-state index < -0.39 is 12.1 Å². The fraction of sp³-hybridized carbons (Fsp3) is 0.125. The summed E-state index contributed by atoms with van der Waals surface area (Å²) < 4.78 is 5.24. The van der Waals surface area contributed by atoms with E-state index in [0.717, 1.165) is 10.9 Å². The van der Waals surface area contributed by atoms with Crippen LogP contribution < -0.4 is 0 Å². The van der Waals surface area contributed by atoms with Gasteiger partial charge in [0.1, 0.15) is 4.88 Å². The van der Waals surface area contributed by atoms with Crippen molar-refractivity contribution in [3.63, 3.8) is 0 Å². The first-order valence-corrected chi connectivity index (χ1v) is 7.39. The van der Waals surface area contributed by atoms with E-state index in [0.29, 0.717) is 10.4 Å². The van der Waals surface area contributed by atoms with E-state index in [1.54, 1.807) is 30.6 Å². The molecule has 0 amide bonds. The number of carbonyl (C=O) groups excluding carboxylic acids is 2. The number of esters is 1. The second-order valence-electron chi connectivity index (χ2n) is 4.64. The molecule has 0 saturated carbocycles. The molecule has 106 valence electrons. The molecule has 21 heavy (non-hydrogen) atoms. The summed E-state index contributed by atoms with van der Waals surface area (Å²) in [7, 11) is 0. The molecule has 0 aliphatic carbocycles. The lowest BCUT2D eigenvalue weighted by atomic mass is 10.1. The lowest BCUT2D eigenvalue weighted by molar-refractivity contribution is 0.0324. The van der Waals surface area contributed by atoms with E-state index >= 15 is 0 Å². The van der Waals surface area contributed by atoms with Gasteiger partial charge in [0.05, 0.1) is 0 Å². The maximum absolute atomic E-state index is 12.4. The van der Waals surface area contributed by atoms with Gasteiger partial charge in [-0.2, -0.15) is 0 Å². The van der Waals surface area contributed by atoms with Gasteiger partial charge in [0.2, 0.25) is 5.78 Å². The summed E-state index contributed by atoms with van der Waals surface area (Å²) in [5.41, 5.74) is 1.43. The van der Waals surface area contributed by atoms with Crippen LogP contribution >= 0.6 is 11.3 Å². The highest BCUT2D eigenvalue weighted by atomic mass is 32.1.